The quantitative estimate of drug-likeness (QED) is 0.478. The van der Waals surface area contributed by atoms with Gasteiger partial charge in [0, 0.05) is 11.6 Å². The first-order valence-corrected chi connectivity index (χ1v) is 6.69. The van der Waals surface area contributed by atoms with E-state index in [2.05, 4.69) is 15.8 Å². The third-order valence-corrected chi connectivity index (χ3v) is 2.55. The predicted molar refractivity (Wildman–Crippen MR) is 79.7 cm³/mol. The van der Waals surface area contributed by atoms with Gasteiger partial charge in [0.2, 0.25) is 11.8 Å². The Balaban J connectivity index is 2.32. The number of hydrogen-bond donors (Lipinski definition) is 2. The van der Waals surface area contributed by atoms with E-state index in [1.54, 1.807) is 24.3 Å². The lowest BCUT2D eigenvalue weighted by atomic mass is 10.2. The molecule has 0 saturated carbocycles. The van der Waals surface area contributed by atoms with Gasteiger partial charge in [0.05, 0.1) is 6.21 Å². The maximum absolute atomic E-state index is 11.4. The summed E-state index contributed by atoms with van der Waals surface area (Å²) in [6.07, 6.45) is 1.25. The van der Waals surface area contributed by atoms with Crippen molar-refractivity contribution in [2.24, 2.45) is 11.0 Å². The standard InChI is InChI=1S/C14H18ClN3O2/c1-10(2)8-16-13(19)7-14(20)18-17-9-11-3-5-12(15)6-4-11/h3-6,9-10H,7-8H2,1-2H3,(H,16,19)(H,18,20)/b17-9+. The number of hydrogen-bond acceptors (Lipinski definition) is 3. The molecule has 0 aliphatic rings. The number of nitrogens with zero attached hydrogens (tertiary/aromatic N) is 1. The van der Waals surface area contributed by atoms with Gasteiger partial charge in [-0.15, -0.1) is 0 Å². The molecule has 2 amide bonds. The summed E-state index contributed by atoms with van der Waals surface area (Å²) in [5.74, 6) is -0.403. The number of rotatable bonds is 6. The average Bonchev–Trinajstić information content (AvgIpc) is 2.38. The van der Waals surface area contributed by atoms with Crippen LogP contribution in [0.25, 0.3) is 0 Å². The van der Waals surface area contributed by atoms with Crippen LogP contribution in [0.2, 0.25) is 5.02 Å². The van der Waals surface area contributed by atoms with Crippen LogP contribution in [-0.2, 0) is 9.59 Å². The molecule has 0 heterocycles. The molecule has 0 atom stereocenters. The van der Waals surface area contributed by atoms with Crippen LogP contribution in [0, 0.1) is 5.92 Å². The molecular weight excluding hydrogens is 278 g/mol. The molecule has 5 nitrogen and oxygen atoms in total. The van der Waals surface area contributed by atoms with Gasteiger partial charge in [-0.25, -0.2) is 5.43 Å². The largest absolute Gasteiger partial charge is 0.355 e. The van der Waals surface area contributed by atoms with Gasteiger partial charge in [0.15, 0.2) is 0 Å². The molecule has 0 aromatic heterocycles. The van der Waals surface area contributed by atoms with Crippen LogP contribution in [-0.4, -0.2) is 24.6 Å². The van der Waals surface area contributed by atoms with Gasteiger partial charge in [0.1, 0.15) is 6.42 Å². The lowest BCUT2D eigenvalue weighted by Gasteiger charge is -2.06. The van der Waals surface area contributed by atoms with E-state index >= 15 is 0 Å². The van der Waals surface area contributed by atoms with Crippen molar-refractivity contribution in [1.29, 1.82) is 0 Å². The summed E-state index contributed by atoms with van der Waals surface area (Å²) in [6.45, 7) is 4.52. The summed E-state index contributed by atoms with van der Waals surface area (Å²) in [7, 11) is 0. The van der Waals surface area contributed by atoms with Gasteiger partial charge in [0.25, 0.3) is 0 Å². The van der Waals surface area contributed by atoms with E-state index in [0.717, 1.165) is 5.56 Å². The number of benzene rings is 1. The lowest BCUT2D eigenvalue weighted by molar-refractivity contribution is -0.129. The minimum atomic E-state index is -0.448. The highest BCUT2D eigenvalue weighted by molar-refractivity contribution is 6.30. The Labute approximate surface area is 123 Å². The molecule has 0 spiro atoms. The van der Waals surface area contributed by atoms with Gasteiger partial charge < -0.3 is 5.32 Å². The van der Waals surface area contributed by atoms with Crippen LogP contribution in [0.1, 0.15) is 25.8 Å². The molecule has 0 aliphatic carbocycles. The average molecular weight is 296 g/mol. The fraction of sp³-hybridized carbons (Fsp3) is 0.357. The fourth-order valence-electron chi connectivity index (χ4n) is 1.29. The summed E-state index contributed by atoms with van der Waals surface area (Å²) < 4.78 is 0. The number of amides is 2. The molecule has 0 saturated heterocycles. The minimum Gasteiger partial charge on any atom is -0.355 e. The van der Waals surface area contributed by atoms with Crippen LogP contribution in [0.15, 0.2) is 29.4 Å². The molecule has 20 heavy (non-hydrogen) atoms. The van der Waals surface area contributed by atoms with E-state index in [0.29, 0.717) is 17.5 Å². The smallest absolute Gasteiger partial charge is 0.249 e. The van der Waals surface area contributed by atoms with Crippen molar-refractivity contribution in [3.63, 3.8) is 0 Å². The van der Waals surface area contributed by atoms with Crippen molar-refractivity contribution < 1.29 is 9.59 Å². The summed E-state index contributed by atoms with van der Waals surface area (Å²) in [4.78, 5) is 22.8. The van der Waals surface area contributed by atoms with Gasteiger partial charge in [-0.2, -0.15) is 5.10 Å². The first-order valence-electron chi connectivity index (χ1n) is 6.31. The molecule has 6 heteroatoms. The summed E-state index contributed by atoms with van der Waals surface area (Å²) >= 11 is 5.75. The molecule has 2 N–H and O–H groups in total. The van der Waals surface area contributed by atoms with E-state index < -0.39 is 5.91 Å². The minimum absolute atomic E-state index is 0.231. The van der Waals surface area contributed by atoms with Gasteiger partial charge in [-0.3, -0.25) is 9.59 Å². The van der Waals surface area contributed by atoms with Gasteiger partial charge >= 0.3 is 0 Å². The summed E-state index contributed by atoms with van der Waals surface area (Å²) in [6, 6.07) is 6.99. The topological polar surface area (TPSA) is 70.6 Å². The maximum atomic E-state index is 11.4. The van der Waals surface area contributed by atoms with Crippen molar-refractivity contribution in [3.05, 3.63) is 34.9 Å². The van der Waals surface area contributed by atoms with E-state index in [1.165, 1.54) is 6.21 Å². The van der Waals surface area contributed by atoms with E-state index in [1.807, 2.05) is 13.8 Å². The predicted octanol–water partition coefficient (Wildman–Crippen LogP) is 1.95. The van der Waals surface area contributed by atoms with Crippen molar-refractivity contribution in [2.75, 3.05) is 6.54 Å². The monoisotopic (exact) mass is 295 g/mol. The lowest BCUT2D eigenvalue weighted by Crippen LogP contribution is -2.32. The Kier molecular flexibility index (Phi) is 6.73. The third-order valence-electron chi connectivity index (χ3n) is 2.30. The van der Waals surface area contributed by atoms with E-state index in [9.17, 15) is 9.59 Å². The Morgan fingerprint density at radius 1 is 1.25 bits per heavy atom. The Morgan fingerprint density at radius 2 is 1.90 bits per heavy atom. The van der Waals surface area contributed by atoms with E-state index in [4.69, 9.17) is 11.6 Å². The molecule has 0 bridgehead atoms. The molecule has 1 rings (SSSR count). The molecule has 0 aliphatic heterocycles. The van der Waals surface area contributed by atoms with E-state index in [-0.39, 0.29) is 12.3 Å². The summed E-state index contributed by atoms with van der Waals surface area (Å²) in [5.41, 5.74) is 3.11. The first kappa shape index (κ1) is 16.2. The normalized spacial score (nSPS) is 10.8. The Morgan fingerprint density at radius 3 is 2.50 bits per heavy atom. The first-order chi connectivity index (χ1) is 9.47. The molecule has 1 aromatic carbocycles. The van der Waals surface area contributed by atoms with Crippen molar-refractivity contribution in [3.8, 4) is 0 Å². The molecular formula is C14H18ClN3O2. The van der Waals surface area contributed by atoms with Gasteiger partial charge in [-0.1, -0.05) is 37.6 Å². The van der Waals surface area contributed by atoms with Crippen molar-refractivity contribution in [2.45, 2.75) is 20.3 Å². The molecule has 0 radical (unpaired) electrons. The zero-order valence-electron chi connectivity index (χ0n) is 11.5. The van der Waals surface area contributed by atoms with Crippen LogP contribution in [0.3, 0.4) is 0 Å². The third kappa shape index (κ3) is 6.89. The maximum Gasteiger partial charge on any atom is 0.249 e. The molecule has 0 fully saturated rings. The second-order valence-corrected chi connectivity index (χ2v) is 5.16. The number of carbonyl (C=O) groups excluding carboxylic acids is 2. The number of hydrazone groups is 1. The van der Waals surface area contributed by atoms with Crippen LogP contribution in [0.4, 0.5) is 0 Å². The number of carbonyl (C=O) groups is 2. The highest BCUT2D eigenvalue weighted by Gasteiger charge is 2.08. The molecule has 108 valence electrons. The summed E-state index contributed by atoms with van der Waals surface area (Å²) in [5, 5.41) is 7.07. The molecule has 1 aromatic rings. The highest BCUT2D eigenvalue weighted by Crippen LogP contribution is 2.07. The second-order valence-electron chi connectivity index (χ2n) is 4.72. The Bertz CT molecular complexity index is 484. The second kappa shape index (κ2) is 8.32. The van der Waals surface area contributed by atoms with Crippen LogP contribution in [0.5, 0.6) is 0 Å². The number of nitrogens with one attached hydrogen (secondary N) is 2. The van der Waals surface area contributed by atoms with Crippen LogP contribution < -0.4 is 10.7 Å². The number of halogens is 1. The molecule has 0 unspecified atom stereocenters. The SMILES string of the molecule is CC(C)CNC(=O)CC(=O)N/N=C/c1ccc(Cl)cc1. The zero-order chi connectivity index (χ0) is 15.0. The van der Waals surface area contributed by atoms with Crippen molar-refractivity contribution in [1.82, 2.24) is 10.7 Å². The highest BCUT2D eigenvalue weighted by atomic mass is 35.5. The van der Waals surface area contributed by atoms with Gasteiger partial charge in [-0.05, 0) is 23.6 Å². The van der Waals surface area contributed by atoms with Crippen molar-refractivity contribution >= 4 is 29.6 Å². The Hall–Kier alpha value is -1.88. The van der Waals surface area contributed by atoms with Crippen LogP contribution >= 0.6 is 11.6 Å². The fourth-order valence-corrected chi connectivity index (χ4v) is 1.42. The zero-order valence-corrected chi connectivity index (χ0v) is 12.3.